The van der Waals surface area contributed by atoms with E-state index >= 15 is 0 Å². The van der Waals surface area contributed by atoms with Crippen molar-refractivity contribution >= 4 is 67.5 Å². The third kappa shape index (κ3) is 4.71. The molecule has 156 valence electrons. The Hall–Kier alpha value is -2.94. The number of benzene rings is 3. The second-order valence-corrected chi connectivity index (χ2v) is 8.28. The zero-order valence-corrected chi connectivity index (χ0v) is 19.4. The van der Waals surface area contributed by atoms with Crippen molar-refractivity contribution in [1.82, 2.24) is 15.3 Å². The number of nitrogens with zero attached hydrogens (tertiary/aromatic N) is 1. The van der Waals surface area contributed by atoms with Gasteiger partial charge in [-0.05, 0) is 60.7 Å². The van der Waals surface area contributed by atoms with Crippen LogP contribution in [0.2, 0.25) is 5.02 Å². The summed E-state index contributed by atoms with van der Waals surface area (Å²) < 4.78 is 6.16. The van der Waals surface area contributed by atoms with Gasteiger partial charge in [-0.3, -0.25) is 10.1 Å². The van der Waals surface area contributed by atoms with E-state index in [1.165, 1.54) is 0 Å². The van der Waals surface area contributed by atoms with Crippen LogP contribution in [-0.2, 0) is 0 Å². The maximum absolute atomic E-state index is 12.6. The van der Waals surface area contributed by atoms with Crippen LogP contribution in [0.5, 0.6) is 5.75 Å². The minimum Gasteiger partial charge on any atom is -0.495 e. The van der Waals surface area contributed by atoms with Gasteiger partial charge in [0.15, 0.2) is 5.11 Å². The number of halogens is 2. The van der Waals surface area contributed by atoms with Crippen LogP contribution in [0, 0.1) is 0 Å². The fourth-order valence-corrected chi connectivity index (χ4v) is 3.81. The highest BCUT2D eigenvalue weighted by atomic mass is 79.9. The van der Waals surface area contributed by atoms with Gasteiger partial charge in [0, 0.05) is 10.0 Å². The van der Waals surface area contributed by atoms with E-state index in [0.29, 0.717) is 27.8 Å². The number of aromatic amines is 1. The van der Waals surface area contributed by atoms with Gasteiger partial charge in [-0.2, -0.15) is 0 Å². The van der Waals surface area contributed by atoms with Crippen LogP contribution in [0.1, 0.15) is 10.4 Å². The molecule has 0 bridgehead atoms. The number of methoxy groups -OCH3 is 1. The van der Waals surface area contributed by atoms with E-state index in [1.54, 1.807) is 31.4 Å². The van der Waals surface area contributed by atoms with Gasteiger partial charge in [0.1, 0.15) is 11.6 Å². The fraction of sp³-hybridized carbons (Fsp3) is 0.0455. The zero-order valence-electron chi connectivity index (χ0n) is 16.2. The number of ether oxygens (including phenoxy) is 1. The normalized spacial score (nSPS) is 10.7. The number of aromatic nitrogens is 2. The van der Waals surface area contributed by atoms with Crippen molar-refractivity contribution in [2.75, 3.05) is 12.4 Å². The number of nitrogens with one attached hydrogen (secondary N) is 3. The molecule has 4 rings (SSSR count). The standard InChI is InChI=1S/C22H16BrClN4O2S/c1-30-19-9-6-12(20-25-16-4-2-3-5-17(16)26-20)10-18(19)27-22(31)28-21(29)14-11-13(23)7-8-15(14)24/h2-11H,1H3,(H,25,26)(H2,27,28,29,31). The first-order valence-corrected chi connectivity index (χ1v) is 10.7. The second kappa shape index (κ2) is 9.05. The van der Waals surface area contributed by atoms with Gasteiger partial charge in [0.2, 0.25) is 0 Å². The number of hydrogen-bond donors (Lipinski definition) is 3. The lowest BCUT2D eigenvalue weighted by Crippen LogP contribution is -2.34. The lowest BCUT2D eigenvalue weighted by Gasteiger charge is -2.14. The largest absolute Gasteiger partial charge is 0.495 e. The molecule has 0 saturated carbocycles. The Labute approximate surface area is 197 Å². The number of carbonyl (C=O) groups is 1. The van der Waals surface area contributed by atoms with Crippen LogP contribution in [0.25, 0.3) is 22.4 Å². The molecule has 1 heterocycles. The summed E-state index contributed by atoms with van der Waals surface area (Å²) in [5, 5.41) is 6.10. The van der Waals surface area contributed by atoms with Gasteiger partial charge in [0.05, 0.1) is 34.4 Å². The molecule has 0 aliphatic rings. The van der Waals surface area contributed by atoms with Gasteiger partial charge in [-0.1, -0.05) is 39.7 Å². The van der Waals surface area contributed by atoms with E-state index in [-0.39, 0.29) is 5.11 Å². The van der Waals surface area contributed by atoms with E-state index in [0.717, 1.165) is 21.1 Å². The molecule has 6 nitrogen and oxygen atoms in total. The van der Waals surface area contributed by atoms with Crippen molar-refractivity contribution < 1.29 is 9.53 Å². The molecule has 0 fully saturated rings. The molecule has 4 aromatic rings. The van der Waals surface area contributed by atoms with Crippen LogP contribution < -0.4 is 15.4 Å². The van der Waals surface area contributed by atoms with Crippen molar-refractivity contribution in [2.45, 2.75) is 0 Å². The van der Waals surface area contributed by atoms with Crippen molar-refractivity contribution in [3.8, 4) is 17.1 Å². The lowest BCUT2D eigenvalue weighted by molar-refractivity contribution is 0.0978. The number of rotatable bonds is 4. The molecule has 1 aromatic heterocycles. The Kier molecular flexibility index (Phi) is 6.22. The summed E-state index contributed by atoms with van der Waals surface area (Å²) in [6, 6.07) is 18.4. The van der Waals surface area contributed by atoms with Crippen LogP contribution >= 0.6 is 39.7 Å². The Morgan fingerprint density at radius 1 is 1.16 bits per heavy atom. The molecule has 3 N–H and O–H groups in total. The molecule has 0 unspecified atom stereocenters. The van der Waals surface area contributed by atoms with E-state index in [2.05, 4.69) is 36.5 Å². The molecule has 0 atom stereocenters. The Morgan fingerprint density at radius 2 is 1.97 bits per heavy atom. The summed E-state index contributed by atoms with van der Waals surface area (Å²) in [4.78, 5) is 20.5. The molecule has 0 spiro atoms. The number of thiocarbonyl (C=S) groups is 1. The lowest BCUT2D eigenvalue weighted by atomic mass is 10.1. The number of carbonyl (C=O) groups excluding carboxylic acids is 1. The highest BCUT2D eigenvalue weighted by Gasteiger charge is 2.15. The first-order valence-electron chi connectivity index (χ1n) is 9.15. The third-order valence-corrected chi connectivity index (χ3v) is 5.54. The average molecular weight is 516 g/mol. The molecular formula is C22H16BrClN4O2S. The Bertz CT molecular complexity index is 1270. The van der Waals surface area contributed by atoms with Gasteiger partial charge in [-0.25, -0.2) is 4.98 Å². The number of fused-ring (bicyclic) bond motifs is 1. The maximum atomic E-state index is 12.6. The van der Waals surface area contributed by atoms with Crippen LogP contribution in [-0.4, -0.2) is 28.1 Å². The van der Waals surface area contributed by atoms with Crippen LogP contribution in [0.15, 0.2) is 65.1 Å². The molecule has 31 heavy (non-hydrogen) atoms. The van der Waals surface area contributed by atoms with E-state index in [9.17, 15) is 4.79 Å². The first-order chi connectivity index (χ1) is 14.9. The number of para-hydroxylation sites is 2. The van der Waals surface area contributed by atoms with Crippen molar-refractivity contribution in [1.29, 1.82) is 0 Å². The van der Waals surface area contributed by atoms with Crippen molar-refractivity contribution in [2.24, 2.45) is 0 Å². The maximum Gasteiger partial charge on any atom is 0.258 e. The molecular weight excluding hydrogens is 500 g/mol. The molecule has 1 amide bonds. The van der Waals surface area contributed by atoms with E-state index in [4.69, 9.17) is 28.6 Å². The highest BCUT2D eigenvalue weighted by Crippen LogP contribution is 2.30. The topological polar surface area (TPSA) is 79.0 Å². The molecule has 3 aromatic carbocycles. The SMILES string of the molecule is COc1ccc(-c2nc3ccccc3[nH]2)cc1NC(=S)NC(=O)c1cc(Br)ccc1Cl. The Balaban J connectivity index is 1.57. The quantitative estimate of drug-likeness (QED) is 0.300. The minimum absolute atomic E-state index is 0.112. The summed E-state index contributed by atoms with van der Waals surface area (Å²) in [7, 11) is 1.56. The number of imidazole rings is 1. The van der Waals surface area contributed by atoms with E-state index < -0.39 is 5.91 Å². The van der Waals surface area contributed by atoms with Gasteiger partial charge >= 0.3 is 0 Å². The van der Waals surface area contributed by atoms with Gasteiger partial charge in [-0.15, -0.1) is 0 Å². The summed E-state index contributed by atoms with van der Waals surface area (Å²) >= 11 is 14.8. The monoisotopic (exact) mass is 514 g/mol. The summed E-state index contributed by atoms with van der Waals surface area (Å²) in [5.74, 6) is 0.857. The van der Waals surface area contributed by atoms with Gasteiger partial charge in [0.25, 0.3) is 5.91 Å². The highest BCUT2D eigenvalue weighted by molar-refractivity contribution is 9.10. The fourth-order valence-electron chi connectivity index (χ4n) is 3.04. The van der Waals surface area contributed by atoms with Gasteiger partial charge < -0.3 is 15.0 Å². The Morgan fingerprint density at radius 3 is 2.74 bits per heavy atom. The smallest absolute Gasteiger partial charge is 0.258 e. The third-order valence-electron chi connectivity index (χ3n) is 4.51. The average Bonchev–Trinajstić information content (AvgIpc) is 3.19. The van der Waals surface area contributed by atoms with Crippen LogP contribution in [0.4, 0.5) is 5.69 Å². The molecule has 0 saturated heterocycles. The summed E-state index contributed by atoms with van der Waals surface area (Å²) in [6.07, 6.45) is 0. The predicted molar refractivity (Wildman–Crippen MR) is 131 cm³/mol. The zero-order chi connectivity index (χ0) is 22.0. The summed E-state index contributed by atoms with van der Waals surface area (Å²) in [6.45, 7) is 0. The predicted octanol–water partition coefficient (Wildman–Crippen LogP) is 5.78. The molecule has 0 aliphatic heterocycles. The van der Waals surface area contributed by atoms with Crippen molar-refractivity contribution in [3.05, 3.63) is 75.7 Å². The summed E-state index contributed by atoms with van der Waals surface area (Å²) in [5.41, 5.74) is 3.55. The van der Waals surface area contributed by atoms with Crippen molar-refractivity contribution in [3.63, 3.8) is 0 Å². The number of H-pyrrole nitrogens is 1. The minimum atomic E-state index is -0.420. The molecule has 0 aliphatic carbocycles. The number of amides is 1. The van der Waals surface area contributed by atoms with E-state index in [1.807, 2.05) is 36.4 Å². The number of anilines is 1. The molecule has 9 heteroatoms. The van der Waals surface area contributed by atoms with Crippen LogP contribution in [0.3, 0.4) is 0 Å². The second-order valence-electron chi connectivity index (χ2n) is 6.55. The molecule has 0 radical (unpaired) electrons. The number of hydrogen-bond acceptors (Lipinski definition) is 4. The first kappa shape index (κ1) is 21.3.